The van der Waals surface area contributed by atoms with Gasteiger partial charge in [-0.2, -0.15) is 0 Å². The Bertz CT molecular complexity index is 1490. The topological polar surface area (TPSA) is 0 Å². The van der Waals surface area contributed by atoms with Crippen LogP contribution in [0.4, 0.5) is 0 Å². The number of benzene rings is 5. The molecule has 0 amide bonds. The molecule has 5 aromatic carbocycles. The van der Waals surface area contributed by atoms with E-state index in [4.69, 9.17) is 6.42 Å². The summed E-state index contributed by atoms with van der Waals surface area (Å²) in [6.45, 7) is 0. The summed E-state index contributed by atoms with van der Waals surface area (Å²) < 4.78 is 0. The molecule has 138 valence electrons. The molecule has 0 aliphatic heterocycles. The summed E-state index contributed by atoms with van der Waals surface area (Å²) >= 11 is 0. The fourth-order valence-corrected chi connectivity index (χ4v) is 3.97. The Hall–Kier alpha value is -4.26. The average molecular weight is 378 g/mol. The van der Waals surface area contributed by atoms with E-state index in [1.165, 1.54) is 10.8 Å². The van der Waals surface area contributed by atoms with E-state index in [0.29, 0.717) is 0 Å². The third-order valence-electron chi connectivity index (χ3n) is 5.38. The first-order valence-electron chi connectivity index (χ1n) is 9.93. The first-order valence-corrected chi connectivity index (χ1v) is 9.93. The van der Waals surface area contributed by atoms with Crippen molar-refractivity contribution in [3.05, 3.63) is 120 Å². The van der Waals surface area contributed by atoms with E-state index >= 15 is 0 Å². The standard InChI is InChI=1S/C30H18/c1-2-23-18-19-24-12-6-8-14-27(24)29(23)30-26(17-16-22-10-4-3-5-11-22)21-20-25-13-7-9-15-28(25)30/h1,3-15,18-21H. The minimum atomic E-state index is 0.882. The van der Waals surface area contributed by atoms with Gasteiger partial charge in [-0.15, -0.1) is 6.42 Å². The lowest BCUT2D eigenvalue weighted by molar-refractivity contribution is 1.61. The van der Waals surface area contributed by atoms with Crippen molar-refractivity contribution in [3.63, 3.8) is 0 Å². The normalized spacial score (nSPS) is 10.4. The van der Waals surface area contributed by atoms with Gasteiger partial charge in [-0.3, -0.25) is 0 Å². The van der Waals surface area contributed by atoms with Crippen LogP contribution in [0.15, 0.2) is 103 Å². The van der Waals surface area contributed by atoms with E-state index in [-0.39, 0.29) is 0 Å². The summed E-state index contributed by atoms with van der Waals surface area (Å²) in [4.78, 5) is 0. The minimum absolute atomic E-state index is 0.882. The highest BCUT2D eigenvalue weighted by Crippen LogP contribution is 2.38. The fraction of sp³-hybridized carbons (Fsp3) is 0. The number of hydrogen-bond acceptors (Lipinski definition) is 0. The molecule has 30 heavy (non-hydrogen) atoms. The number of terminal acetylenes is 1. The Morgan fingerprint density at radius 1 is 0.467 bits per heavy atom. The zero-order valence-corrected chi connectivity index (χ0v) is 16.4. The Labute approximate surface area is 176 Å². The second-order valence-corrected chi connectivity index (χ2v) is 7.18. The lowest BCUT2D eigenvalue weighted by atomic mass is 9.87. The Balaban J connectivity index is 1.89. The van der Waals surface area contributed by atoms with E-state index < -0.39 is 0 Å². The molecule has 0 nitrogen and oxygen atoms in total. The van der Waals surface area contributed by atoms with Crippen molar-refractivity contribution in [2.45, 2.75) is 0 Å². The van der Waals surface area contributed by atoms with Gasteiger partial charge < -0.3 is 0 Å². The van der Waals surface area contributed by atoms with Crippen LogP contribution in [0.2, 0.25) is 0 Å². The number of hydrogen-bond donors (Lipinski definition) is 0. The summed E-state index contributed by atoms with van der Waals surface area (Å²) in [5, 5.41) is 4.65. The average Bonchev–Trinajstić information content (AvgIpc) is 2.82. The first kappa shape index (κ1) is 17.8. The highest BCUT2D eigenvalue weighted by Gasteiger charge is 2.15. The zero-order valence-electron chi connectivity index (χ0n) is 16.4. The van der Waals surface area contributed by atoms with Crippen LogP contribution in [0, 0.1) is 24.2 Å². The van der Waals surface area contributed by atoms with Crippen LogP contribution in [0.1, 0.15) is 16.7 Å². The van der Waals surface area contributed by atoms with Gasteiger partial charge in [0.05, 0.1) is 0 Å². The van der Waals surface area contributed by atoms with Gasteiger partial charge in [-0.25, -0.2) is 0 Å². The molecule has 0 unspecified atom stereocenters. The summed E-state index contributed by atoms with van der Waals surface area (Å²) in [5.74, 6) is 9.64. The van der Waals surface area contributed by atoms with E-state index in [1.54, 1.807) is 0 Å². The molecule has 0 heteroatoms. The SMILES string of the molecule is C#Cc1ccc2ccccc2c1-c1c(C#Cc2ccccc2)ccc2ccccc12. The molecule has 5 aromatic rings. The molecule has 5 rings (SSSR count). The van der Waals surface area contributed by atoms with Gasteiger partial charge in [0.1, 0.15) is 0 Å². The highest BCUT2D eigenvalue weighted by molar-refractivity contribution is 6.09. The second kappa shape index (κ2) is 7.63. The van der Waals surface area contributed by atoms with Crippen molar-refractivity contribution in [1.29, 1.82) is 0 Å². The molecule has 0 N–H and O–H groups in total. The Morgan fingerprint density at radius 2 is 1.00 bits per heavy atom. The van der Waals surface area contributed by atoms with Gasteiger partial charge >= 0.3 is 0 Å². The van der Waals surface area contributed by atoms with Crippen LogP contribution in [0.25, 0.3) is 32.7 Å². The van der Waals surface area contributed by atoms with Gasteiger partial charge in [0.25, 0.3) is 0 Å². The summed E-state index contributed by atoms with van der Waals surface area (Å²) in [5.41, 5.74) is 5.02. The highest BCUT2D eigenvalue weighted by atomic mass is 14.2. The molecular weight excluding hydrogens is 360 g/mol. The smallest absolute Gasteiger partial charge is 0.0334 e. The summed E-state index contributed by atoms with van der Waals surface area (Å²) in [7, 11) is 0. The predicted molar refractivity (Wildman–Crippen MR) is 127 cm³/mol. The second-order valence-electron chi connectivity index (χ2n) is 7.18. The molecule has 0 atom stereocenters. The quantitative estimate of drug-likeness (QED) is 0.274. The van der Waals surface area contributed by atoms with Gasteiger partial charge in [0.15, 0.2) is 0 Å². The van der Waals surface area contributed by atoms with Crippen molar-refractivity contribution in [3.8, 4) is 35.3 Å². The maximum absolute atomic E-state index is 5.95. The van der Waals surface area contributed by atoms with Crippen molar-refractivity contribution >= 4 is 21.5 Å². The van der Waals surface area contributed by atoms with Crippen LogP contribution in [0.5, 0.6) is 0 Å². The molecule has 0 heterocycles. The van der Waals surface area contributed by atoms with E-state index in [9.17, 15) is 0 Å². The summed E-state index contributed by atoms with van der Waals surface area (Å²) in [6, 6.07) is 35.2. The zero-order chi connectivity index (χ0) is 20.3. The van der Waals surface area contributed by atoms with Crippen molar-refractivity contribution in [1.82, 2.24) is 0 Å². The van der Waals surface area contributed by atoms with Crippen LogP contribution < -0.4 is 0 Å². The molecule has 0 aromatic heterocycles. The van der Waals surface area contributed by atoms with Gasteiger partial charge in [-0.05, 0) is 45.8 Å². The monoisotopic (exact) mass is 378 g/mol. The van der Waals surface area contributed by atoms with Crippen LogP contribution in [0.3, 0.4) is 0 Å². The van der Waals surface area contributed by atoms with E-state index in [1.807, 2.05) is 36.4 Å². The molecule has 0 saturated heterocycles. The molecule has 0 radical (unpaired) electrons. The van der Waals surface area contributed by atoms with Gasteiger partial charge in [0, 0.05) is 27.8 Å². The third kappa shape index (κ3) is 3.12. The van der Waals surface area contributed by atoms with Crippen LogP contribution in [-0.2, 0) is 0 Å². The van der Waals surface area contributed by atoms with E-state index in [0.717, 1.165) is 38.6 Å². The summed E-state index contributed by atoms with van der Waals surface area (Å²) in [6.07, 6.45) is 5.95. The van der Waals surface area contributed by atoms with Crippen LogP contribution in [-0.4, -0.2) is 0 Å². The molecule has 0 aliphatic carbocycles. The molecule has 0 aliphatic rings. The fourth-order valence-electron chi connectivity index (χ4n) is 3.97. The Morgan fingerprint density at radius 3 is 1.63 bits per heavy atom. The first-order chi connectivity index (χ1) is 14.8. The van der Waals surface area contributed by atoms with Crippen LogP contribution >= 0.6 is 0 Å². The minimum Gasteiger partial charge on any atom is -0.115 e. The number of rotatable bonds is 1. The maximum atomic E-state index is 5.95. The van der Waals surface area contributed by atoms with Crippen molar-refractivity contribution in [2.75, 3.05) is 0 Å². The maximum Gasteiger partial charge on any atom is 0.0334 e. The van der Waals surface area contributed by atoms with E-state index in [2.05, 4.69) is 84.5 Å². The molecule has 0 fully saturated rings. The van der Waals surface area contributed by atoms with Crippen molar-refractivity contribution < 1.29 is 0 Å². The lowest BCUT2D eigenvalue weighted by Gasteiger charge is -2.15. The molecular formula is C30H18. The Kier molecular flexibility index (Phi) is 4.53. The third-order valence-corrected chi connectivity index (χ3v) is 5.38. The number of fused-ring (bicyclic) bond motifs is 2. The van der Waals surface area contributed by atoms with Crippen molar-refractivity contribution in [2.24, 2.45) is 0 Å². The predicted octanol–water partition coefficient (Wildman–Crippen LogP) is 7.04. The molecule has 0 saturated carbocycles. The van der Waals surface area contributed by atoms with Gasteiger partial charge in [-0.1, -0.05) is 96.6 Å². The lowest BCUT2D eigenvalue weighted by Crippen LogP contribution is -1.93. The molecule has 0 spiro atoms. The largest absolute Gasteiger partial charge is 0.115 e. The van der Waals surface area contributed by atoms with Gasteiger partial charge in [0.2, 0.25) is 0 Å². The molecule has 0 bridgehead atoms.